The van der Waals surface area contributed by atoms with Crippen LogP contribution in [0.3, 0.4) is 0 Å². The maximum absolute atomic E-state index is 5.92. The van der Waals surface area contributed by atoms with Gasteiger partial charge >= 0.3 is 0 Å². The van der Waals surface area contributed by atoms with Crippen molar-refractivity contribution >= 4 is 38.9 Å². The Morgan fingerprint density at radius 2 is 1.78 bits per heavy atom. The van der Waals surface area contributed by atoms with E-state index < -0.39 is 0 Å². The first kappa shape index (κ1) is 18.1. The number of hydrogen-bond donors (Lipinski definition) is 0. The molecule has 0 bridgehead atoms. The van der Waals surface area contributed by atoms with E-state index in [4.69, 9.17) is 6.42 Å². The van der Waals surface area contributed by atoms with Crippen molar-refractivity contribution in [3.63, 3.8) is 0 Å². The van der Waals surface area contributed by atoms with E-state index in [2.05, 4.69) is 115 Å². The molecule has 4 rings (SSSR count). The summed E-state index contributed by atoms with van der Waals surface area (Å²) < 4.78 is 1.25. The van der Waals surface area contributed by atoms with Gasteiger partial charge in [-0.05, 0) is 74.2 Å². The molecule has 0 fully saturated rings. The van der Waals surface area contributed by atoms with Crippen molar-refractivity contribution in [1.29, 1.82) is 0 Å². The molecule has 3 aromatic rings. The second kappa shape index (κ2) is 7.02. The van der Waals surface area contributed by atoms with Gasteiger partial charge in [0, 0.05) is 14.6 Å². The molecule has 0 amide bonds. The first-order valence-electron chi connectivity index (χ1n) is 9.16. The highest BCUT2D eigenvalue weighted by Gasteiger charge is 2.36. The molecular formula is C26H21I. The van der Waals surface area contributed by atoms with Gasteiger partial charge in [0.2, 0.25) is 0 Å². The summed E-state index contributed by atoms with van der Waals surface area (Å²) in [6.07, 6.45) is 11.3. The van der Waals surface area contributed by atoms with Crippen LogP contribution in [0.15, 0.2) is 78.4 Å². The second-order valence-electron chi connectivity index (χ2n) is 7.54. The molecule has 0 unspecified atom stereocenters. The van der Waals surface area contributed by atoms with Gasteiger partial charge in [-0.25, -0.2) is 0 Å². The molecular weight excluding hydrogens is 439 g/mol. The minimum absolute atomic E-state index is 0.117. The molecule has 0 spiro atoms. The molecule has 0 aromatic heterocycles. The zero-order valence-corrected chi connectivity index (χ0v) is 17.7. The SMILES string of the molecule is C#CC1=C(/C=C\Cc2ccc3ccccc3c2)c2ccc(I)cc2C1(C)C. The Balaban J connectivity index is 1.67. The Kier molecular flexibility index (Phi) is 4.70. The Bertz CT molecular complexity index is 1140. The summed E-state index contributed by atoms with van der Waals surface area (Å²) in [6, 6.07) is 21.8. The first-order valence-corrected chi connectivity index (χ1v) is 10.2. The molecule has 0 radical (unpaired) electrons. The standard InChI is InChI=1S/C26H21I/c1-4-24-22(23-15-14-21(27)17-25(23)26(24,2)3)11-7-8-18-12-13-19-9-5-6-10-20(19)16-18/h1,5-7,9-17H,8H2,2-3H3/b11-7-. The van der Waals surface area contributed by atoms with Gasteiger partial charge in [-0.3, -0.25) is 0 Å². The van der Waals surface area contributed by atoms with Crippen molar-refractivity contribution in [2.24, 2.45) is 0 Å². The average Bonchev–Trinajstić information content (AvgIpc) is 2.87. The number of allylic oxidation sites excluding steroid dienone is 4. The number of rotatable bonds is 3. The van der Waals surface area contributed by atoms with Crippen molar-refractivity contribution in [2.45, 2.75) is 25.7 Å². The lowest BCUT2D eigenvalue weighted by Gasteiger charge is -2.21. The Morgan fingerprint density at radius 3 is 2.56 bits per heavy atom. The topological polar surface area (TPSA) is 0 Å². The van der Waals surface area contributed by atoms with Gasteiger partial charge in [0.05, 0.1) is 0 Å². The van der Waals surface area contributed by atoms with Crippen molar-refractivity contribution in [1.82, 2.24) is 0 Å². The van der Waals surface area contributed by atoms with Crippen LogP contribution < -0.4 is 0 Å². The highest BCUT2D eigenvalue weighted by Crippen LogP contribution is 2.46. The van der Waals surface area contributed by atoms with E-state index in [1.54, 1.807) is 0 Å². The summed E-state index contributed by atoms with van der Waals surface area (Å²) in [5, 5.41) is 2.57. The lowest BCUT2D eigenvalue weighted by atomic mass is 9.81. The molecule has 0 saturated carbocycles. The Morgan fingerprint density at radius 1 is 1.00 bits per heavy atom. The van der Waals surface area contributed by atoms with Gasteiger partial charge in [0.1, 0.15) is 0 Å². The van der Waals surface area contributed by atoms with E-state index in [1.807, 2.05) is 0 Å². The van der Waals surface area contributed by atoms with Crippen LogP contribution >= 0.6 is 22.6 Å². The van der Waals surface area contributed by atoms with E-state index in [-0.39, 0.29) is 5.41 Å². The fourth-order valence-electron chi connectivity index (χ4n) is 3.98. The van der Waals surface area contributed by atoms with Crippen molar-refractivity contribution in [3.8, 4) is 12.3 Å². The maximum Gasteiger partial charge on any atom is 0.0238 e. The first-order chi connectivity index (χ1) is 13.0. The Hall–Kier alpha value is -2.31. The van der Waals surface area contributed by atoms with E-state index >= 15 is 0 Å². The van der Waals surface area contributed by atoms with Gasteiger partial charge < -0.3 is 0 Å². The quantitative estimate of drug-likeness (QED) is 0.294. The van der Waals surface area contributed by atoms with Crippen molar-refractivity contribution in [2.75, 3.05) is 0 Å². The molecule has 0 N–H and O–H groups in total. The third-order valence-electron chi connectivity index (χ3n) is 5.44. The second-order valence-corrected chi connectivity index (χ2v) is 8.78. The summed E-state index contributed by atoms with van der Waals surface area (Å²) in [5.41, 5.74) is 6.06. The molecule has 0 aliphatic heterocycles. The lowest BCUT2D eigenvalue weighted by Crippen LogP contribution is -2.16. The minimum Gasteiger partial charge on any atom is -0.115 e. The molecule has 0 saturated heterocycles. The van der Waals surface area contributed by atoms with Crippen molar-refractivity contribution in [3.05, 3.63) is 98.6 Å². The van der Waals surface area contributed by atoms with E-state index in [1.165, 1.54) is 36.6 Å². The molecule has 0 nitrogen and oxygen atoms in total. The van der Waals surface area contributed by atoms with Crippen LogP contribution in [0.4, 0.5) is 0 Å². The summed E-state index contributed by atoms with van der Waals surface area (Å²) in [7, 11) is 0. The smallest absolute Gasteiger partial charge is 0.0238 e. The predicted octanol–water partition coefficient (Wildman–Crippen LogP) is 6.92. The van der Waals surface area contributed by atoms with Gasteiger partial charge in [-0.15, -0.1) is 6.42 Å². The molecule has 1 aliphatic rings. The minimum atomic E-state index is -0.117. The van der Waals surface area contributed by atoms with Gasteiger partial charge in [0.25, 0.3) is 0 Å². The van der Waals surface area contributed by atoms with E-state index in [9.17, 15) is 0 Å². The molecule has 0 heterocycles. The van der Waals surface area contributed by atoms with E-state index in [0.29, 0.717) is 0 Å². The predicted molar refractivity (Wildman–Crippen MR) is 125 cm³/mol. The normalized spacial score (nSPS) is 15.3. The molecule has 1 aliphatic carbocycles. The van der Waals surface area contributed by atoms with Crippen LogP contribution in [-0.2, 0) is 11.8 Å². The third kappa shape index (κ3) is 3.24. The third-order valence-corrected chi connectivity index (χ3v) is 6.11. The molecule has 3 aromatic carbocycles. The Labute approximate surface area is 175 Å². The van der Waals surface area contributed by atoms with Crippen LogP contribution in [-0.4, -0.2) is 0 Å². The molecule has 1 heteroatoms. The molecule has 0 atom stereocenters. The number of halogens is 1. The largest absolute Gasteiger partial charge is 0.115 e. The number of fused-ring (bicyclic) bond motifs is 2. The molecule has 132 valence electrons. The fourth-order valence-corrected chi connectivity index (χ4v) is 4.48. The van der Waals surface area contributed by atoms with Gasteiger partial charge in [-0.1, -0.05) is 80.5 Å². The van der Waals surface area contributed by atoms with Crippen LogP contribution in [0.25, 0.3) is 16.3 Å². The highest BCUT2D eigenvalue weighted by atomic mass is 127. The van der Waals surface area contributed by atoms with Crippen LogP contribution in [0.1, 0.15) is 30.5 Å². The fraction of sp³-hybridized carbons (Fsp3) is 0.154. The molecule has 27 heavy (non-hydrogen) atoms. The average molecular weight is 460 g/mol. The number of benzene rings is 3. The van der Waals surface area contributed by atoms with Crippen LogP contribution in [0.5, 0.6) is 0 Å². The summed E-state index contributed by atoms with van der Waals surface area (Å²) in [6.45, 7) is 4.45. The van der Waals surface area contributed by atoms with Gasteiger partial charge in [-0.2, -0.15) is 0 Å². The van der Waals surface area contributed by atoms with Crippen LogP contribution in [0.2, 0.25) is 0 Å². The zero-order valence-electron chi connectivity index (χ0n) is 15.6. The maximum atomic E-state index is 5.92. The summed E-state index contributed by atoms with van der Waals surface area (Å²) in [4.78, 5) is 0. The number of terminal acetylenes is 1. The zero-order chi connectivity index (χ0) is 19.0. The lowest BCUT2D eigenvalue weighted by molar-refractivity contribution is 0.658. The van der Waals surface area contributed by atoms with E-state index in [0.717, 1.165) is 12.0 Å². The monoisotopic (exact) mass is 460 g/mol. The van der Waals surface area contributed by atoms with Crippen molar-refractivity contribution < 1.29 is 0 Å². The number of hydrogen-bond acceptors (Lipinski definition) is 0. The highest BCUT2D eigenvalue weighted by molar-refractivity contribution is 14.1. The summed E-state index contributed by atoms with van der Waals surface area (Å²) in [5.74, 6) is 2.97. The van der Waals surface area contributed by atoms with Crippen LogP contribution in [0, 0.1) is 15.9 Å². The van der Waals surface area contributed by atoms with Gasteiger partial charge in [0.15, 0.2) is 0 Å². The summed E-state index contributed by atoms with van der Waals surface area (Å²) >= 11 is 2.37.